The molecule has 0 saturated heterocycles. The monoisotopic (exact) mass is 240 g/mol. The number of carbonyl (C=O) groups excluding carboxylic acids is 1. The second-order valence-electron chi connectivity index (χ2n) is 6.09. The highest BCUT2D eigenvalue weighted by Crippen LogP contribution is 2.47. The van der Waals surface area contributed by atoms with Crippen LogP contribution in [-0.4, -0.2) is 42.1 Å². The van der Waals surface area contributed by atoms with Crippen LogP contribution >= 0.6 is 0 Å². The van der Waals surface area contributed by atoms with Gasteiger partial charge in [-0.25, -0.2) is 0 Å². The average Bonchev–Trinajstić information content (AvgIpc) is 3.01. The van der Waals surface area contributed by atoms with E-state index in [2.05, 4.69) is 13.8 Å². The van der Waals surface area contributed by atoms with E-state index in [0.717, 1.165) is 25.9 Å². The van der Waals surface area contributed by atoms with Crippen molar-refractivity contribution in [2.24, 2.45) is 11.1 Å². The van der Waals surface area contributed by atoms with Gasteiger partial charge in [-0.05, 0) is 26.2 Å². The Balaban J connectivity index is 1.98. The van der Waals surface area contributed by atoms with E-state index in [1.54, 1.807) is 0 Å². The number of nitrogens with zero attached hydrogens (tertiary/aromatic N) is 1. The molecule has 0 aromatic heterocycles. The van der Waals surface area contributed by atoms with Gasteiger partial charge in [0.25, 0.3) is 0 Å². The Labute approximate surface area is 103 Å². The number of nitrogens with two attached hydrogens (primary N) is 1. The molecule has 0 radical (unpaired) electrons. The molecular formula is C13H24N2O2. The zero-order chi connectivity index (χ0) is 12.8. The van der Waals surface area contributed by atoms with E-state index >= 15 is 0 Å². The maximum absolute atomic E-state index is 12.2. The molecule has 0 unspecified atom stereocenters. The molecule has 17 heavy (non-hydrogen) atoms. The molecule has 2 aliphatic rings. The summed E-state index contributed by atoms with van der Waals surface area (Å²) in [5.41, 5.74) is 5.45. The highest BCUT2D eigenvalue weighted by Gasteiger charge is 2.55. The van der Waals surface area contributed by atoms with Crippen LogP contribution in [0.5, 0.6) is 0 Å². The number of likely N-dealkylation sites (N-methyl/N-ethyl adjacent to an activating group) is 1. The summed E-state index contributed by atoms with van der Waals surface area (Å²) in [7, 11) is 1.88. The molecule has 0 spiro atoms. The molecule has 4 nitrogen and oxygen atoms in total. The Morgan fingerprint density at radius 2 is 2.06 bits per heavy atom. The van der Waals surface area contributed by atoms with Crippen molar-refractivity contribution >= 4 is 5.91 Å². The summed E-state index contributed by atoms with van der Waals surface area (Å²) >= 11 is 0. The van der Waals surface area contributed by atoms with Gasteiger partial charge in [-0.2, -0.15) is 0 Å². The van der Waals surface area contributed by atoms with Gasteiger partial charge >= 0.3 is 0 Å². The topological polar surface area (TPSA) is 55.6 Å². The van der Waals surface area contributed by atoms with E-state index in [1.165, 1.54) is 0 Å². The molecule has 4 heteroatoms. The molecule has 0 aliphatic heterocycles. The SMILES string of the molecule is CCO[C@@H]1C[C@H](N(C)C(=O)C2(N)CC2)C1(C)C. The summed E-state index contributed by atoms with van der Waals surface area (Å²) < 4.78 is 5.69. The predicted octanol–water partition coefficient (Wildman–Crippen LogP) is 1.14. The van der Waals surface area contributed by atoms with Crippen LogP contribution in [0.15, 0.2) is 0 Å². The molecule has 0 aromatic carbocycles. The highest BCUT2D eigenvalue weighted by molar-refractivity contribution is 5.89. The lowest BCUT2D eigenvalue weighted by atomic mass is 9.63. The Morgan fingerprint density at radius 3 is 2.47 bits per heavy atom. The summed E-state index contributed by atoms with van der Waals surface area (Å²) in [4.78, 5) is 14.0. The number of hydrogen-bond acceptors (Lipinski definition) is 3. The number of amides is 1. The molecular weight excluding hydrogens is 216 g/mol. The van der Waals surface area contributed by atoms with Crippen molar-refractivity contribution in [2.75, 3.05) is 13.7 Å². The van der Waals surface area contributed by atoms with Gasteiger partial charge in [0.15, 0.2) is 0 Å². The molecule has 2 saturated carbocycles. The summed E-state index contributed by atoms with van der Waals surface area (Å²) in [5.74, 6) is 0.102. The first kappa shape index (κ1) is 12.8. The van der Waals surface area contributed by atoms with Crippen molar-refractivity contribution < 1.29 is 9.53 Å². The standard InChI is InChI=1S/C13H24N2O2/c1-5-17-10-8-9(12(10,2)3)15(4)11(16)13(14)6-7-13/h9-10H,5-8,14H2,1-4H3/t9-,10+/m0/s1. The third-order valence-electron chi connectivity index (χ3n) is 4.50. The van der Waals surface area contributed by atoms with Crippen molar-refractivity contribution in [1.29, 1.82) is 0 Å². The molecule has 2 aliphatic carbocycles. The van der Waals surface area contributed by atoms with Gasteiger partial charge in [-0.1, -0.05) is 13.8 Å². The Hall–Kier alpha value is -0.610. The molecule has 0 heterocycles. The van der Waals surface area contributed by atoms with Crippen LogP contribution in [0.4, 0.5) is 0 Å². The summed E-state index contributed by atoms with van der Waals surface area (Å²) in [6.07, 6.45) is 2.86. The number of ether oxygens (including phenoxy) is 1. The van der Waals surface area contributed by atoms with Crippen molar-refractivity contribution in [3.05, 3.63) is 0 Å². The van der Waals surface area contributed by atoms with Crippen molar-refractivity contribution in [1.82, 2.24) is 4.90 Å². The summed E-state index contributed by atoms with van der Waals surface area (Å²) in [5, 5.41) is 0. The average molecular weight is 240 g/mol. The first-order valence-electron chi connectivity index (χ1n) is 6.50. The van der Waals surface area contributed by atoms with E-state index in [-0.39, 0.29) is 23.5 Å². The van der Waals surface area contributed by atoms with Crippen molar-refractivity contribution in [2.45, 2.75) is 57.7 Å². The van der Waals surface area contributed by atoms with Crippen LogP contribution in [0, 0.1) is 5.41 Å². The van der Waals surface area contributed by atoms with Crippen LogP contribution in [0.3, 0.4) is 0 Å². The fraction of sp³-hybridized carbons (Fsp3) is 0.923. The smallest absolute Gasteiger partial charge is 0.242 e. The minimum atomic E-state index is -0.554. The molecule has 0 aromatic rings. The van der Waals surface area contributed by atoms with Crippen LogP contribution < -0.4 is 5.73 Å². The van der Waals surface area contributed by atoms with E-state index in [9.17, 15) is 4.79 Å². The largest absolute Gasteiger partial charge is 0.378 e. The van der Waals surface area contributed by atoms with Gasteiger partial charge in [0.2, 0.25) is 5.91 Å². The minimum Gasteiger partial charge on any atom is -0.378 e. The molecule has 2 N–H and O–H groups in total. The predicted molar refractivity (Wildman–Crippen MR) is 66.5 cm³/mol. The number of rotatable bonds is 4. The lowest BCUT2D eigenvalue weighted by Crippen LogP contribution is -2.64. The third kappa shape index (κ3) is 1.97. The highest BCUT2D eigenvalue weighted by atomic mass is 16.5. The van der Waals surface area contributed by atoms with E-state index < -0.39 is 5.54 Å². The lowest BCUT2D eigenvalue weighted by molar-refractivity contribution is -0.165. The molecule has 98 valence electrons. The minimum absolute atomic E-state index is 0.0334. The first-order valence-corrected chi connectivity index (χ1v) is 6.50. The summed E-state index contributed by atoms with van der Waals surface area (Å²) in [6.45, 7) is 7.08. The zero-order valence-corrected chi connectivity index (χ0v) is 11.3. The van der Waals surface area contributed by atoms with Crippen LogP contribution in [0.25, 0.3) is 0 Å². The molecule has 0 bridgehead atoms. The van der Waals surface area contributed by atoms with Gasteiger partial charge in [0, 0.05) is 25.1 Å². The lowest BCUT2D eigenvalue weighted by Gasteiger charge is -2.55. The third-order valence-corrected chi connectivity index (χ3v) is 4.50. The Morgan fingerprint density at radius 1 is 1.47 bits per heavy atom. The quantitative estimate of drug-likeness (QED) is 0.801. The van der Waals surface area contributed by atoms with Crippen LogP contribution in [-0.2, 0) is 9.53 Å². The maximum Gasteiger partial charge on any atom is 0.242 e. The van der Waals surface area contributed by atoms with Gasteiger partial charge in [0.1, 0.15) is 0 Å². The van der Waals surface area contributed by atoms with Crippen LogP contribution in [0.1, 0.15) is 40.0 Å². The first-order chi connectivity index (χ1) is 7.83. The zero-order valence-electron chi connectivity index (χ0n) is 11.3. The van der Waals surface area contributed by atoms with Gasteiger partial charge < -0.3 is 15.4 Å². The Bertz CT molecular complexity index is 323. The van der Waals surface area contributed by atoms with E-state index in [0.29, 0.717) is 0 Å². The normalized spacial score (nSPS) is 32.8. The van der Waals surface area contributed by atoms with E-state index in [4.69, 9.17) is 10.5 Å². The molecule has 2 fully saturated rings. The van der Waals surface area contributed by atoms with Gasteiger partial charge in [-0.3, -0.25) is 4.79 Å². The van der Waals surface area contributed by atoms with Crippen molar-refractivity contribution in [3.63, 3.8) is 0 Å². The summed E-state index contributed by atoms with van der Waals surface area (Å²) in [6, 6.07) is 0.257. The van der Waals surface area contributed by atoms with E-state index in [1.807, 2.05) is 18.9 Å². The number of carbonyl (C=O) groups is 1. The fourth-order valence-corrected chi connectivity index (χ4v) is 2.85. The Kier molecular flexibility index (Phi) is 2.99. The molecule has 1 amide bonds. The number of hydrogen-bond donors (Lipinski definition) is 1. The molecule has 2 rings (SSSR count). The van der Waals surface area contributed by atoms with Gasteiger partial charge in [-0.15, -0.1) is 0 Å². The fourth-order valence-electron chi connectivity index (χ4n) is 2.85. The van der Waals surface area contributed by atoms with Crippen LogP contribution in [0.2, 0.25) is 0 Å². The second kappa shape index (κ2) is 3.95. The second-order valence-corrected chi connectivity index (χ2v) is 6.09. The van der Waals surface area contributed by atoms with Crippen molar-refractivity contribution in [3.8, 4) is 0 Å². The maximum atomic E-state index is 12.2. The molecule has 2 atom stereocenters. The van der Waals surface area contributed by atoms with Gasteiger partial charge in [0.05, 0.1) is 11.6 Å².